The lowest BCUT2D eigenvalue weighted by atomic mass is 10.0. The molecule has 2 amide bonds. The zero-order chi connectivity index (χ0) is 16.7. The normalized spacial score (nSPS) is 11.6. The molecule has 1 atom stereocenters. The molecule has 120 valence electrons. The fourth-order valence-corrected chi connectivity index (χ4v) is 2.24. The molecule has 4 heteroatoms. The van der Waals surface area contributed by atoms with Crippen molar-refractivity contribution in [1.82, 2.24) is 5.32 Å². The van der Waals surface area contributed by atoms with Gasteiger partial charge in [-0.2, -0.15) is 0 Å². The molecule has 0 fully saturated rings. The lowest BCUT2D eigenvalue weighted by Gasteiger charge is -2.13. The van der Waals surface area contributed by atoms with Gasteiger partial charge in [-0.25, -0.2) is 0 Å². The van der Waals surface area contributed by atoms with Crippen LogP contribution < -0.4 is 10.6 Å². The summed E-state index contributed by atoms with van der Waals surface area (Å²) in [4.78, 5) is 23.8. The maximum absolute atomic E-state index is 11.9. The second-order valence-corrected chi connectivity index (χ2v) is 5.53. The number of carbonyl (C=O) groups excluding carboxylic acids is 2. The number of hydrogen-bond donors (Lipinski definition) is 2. The van der Waals surface area contributed by atoms with Crippen LogP contribution >= 0.6 is 0 Å². The SMILES string of the molecule is CCc1ccc(NC(=O)C(=O)NC[C@H](C)c2ccccc2)cc1. The maximum Gasteiger partial charge on any atom is 0.313 e. The van der Waals surface area contributed by atoms with Crippen LogP contribution in [0.15, 0.2) is 54.6 Å². The summed E-state index contributed by atoms with van der Waals surface area (Å²) in [6, 6.07) is 17.4. The number of rotatable bonds is 5. The first-order valence-electron chi connectivity index (χ1n) is 7.83. The summed E-state index contributed by atoms with van der Waals surface area (Å²) in [6.07, 6.45) is 0.937. The first-order valence-corrected chi connectivity index (χ1v) is 7.83. The number of carbonyl (C=O) groups is 2. The number of aryl methyl sites for hydroxylation is 1. The lowest BCUT2D eigenvalue weighted by Crippen LogP contribution is -2.37. The highest BCUT2D eigenvalue weighted by Crippen LogP contribution is 2.13. The van der Waals surface area contributed by atoms with Crippen molar-refractivity contribution >= 4 is 17.5 Å². The number of anilines is 1. The Morgan fingerprint density at radius 2 is 1.61 bits per heavy atom. The number of amides is 2. The predicted molar refractivity (Wildman–Crippen MR) is 92.3 cm³/mol. The molecule has 2 N–H and O–H groups in total. The van der Waals surface area contributed by atoms with Gasteiger partial charge in [0.15, 0.2) is 0 Å². The molecule has 2 aromatic rings. The van der Waals surface area contributed by atoms with E-state index in [2.05, 4.69) is 17.6 Å². The van der Waals surface area contributed by atoms with Gasteiger partial charge in [0.2, 0.25) is 0 Å². The summed E-state index contributed by atoms with van der Waals surface area (Å²) in [5.74, 6) is -1.11. The number of nitrogens with one attached hydrogen (secondary N) is 2. The summed E-state index contributed by atoms with van der Waals surface area (Å²) in [6.45, 7) is 4.50. The molecule has 0 aliphatic rings. The summed E-state index contributed by atoms with van der Waals surface area (Å²) < 4.78 is 0. The summed E-state index contributed by atoms with van der Waals surface area (Å²) in [5.41, 5.74) is 2.94. The minimum Gasteiger partial charge on any atom is -0.347 e. The molecule has 0 bridgehead atoms. The third-order valence-electron chi connectivity index (χ3n) is 3.76. The number of benzene rings is 2. The molecule has 2 aromatic carbocycles. The Morgan fingerprint density at radius 3 is 2.22 bits per heavy atom. The first kappa shape index (κ1) is 16.7. The molecule has 0 unspecified atom stereocenters. The Kier molecular flexibility index (Phi) is 5.92. The zero-order valence-corrected chi connectivity index (χ0v) is 13.5. The van der Waals surface area contributed by atoms with Crippen LogP contribution in [-0.4, -0.2) is 18.4 Å². The smallest absolute Gasteiger partial charge is 0.313 e. The van der Waals surface area contributed by atoms with Crippen molar-refractivity contribution in [2.75, 3.05) is 11.9 Å². The van der Waals surface area contributed by atoms with Gasteiger partial charge in [-0.15, -0.1) is 0 Å². The zero-order valence-electron chi connectivity index (χ0n) is 13.5. The van der Waals surface area contributed by atoms with Crippen molar-refractivity contribution in [2.24, 2.45) is 0 Å². The second-order valence-electron chi connectivity index (χ2n) is 5.53. The molecule has 0 aromatic heterocycles. The van der Waals surface area contributed by atoms with Crippen LogP contribution in [0.3, 0.4) is 0 Å². The van der Waals surface area contributed by atoms with Crippen LogP contribution in [0.1, 0.15) is 30.9 Å². The molecule has 0 aliphatic heterocycles. The molecule has 23 heavy (non-hydrogen) atoms. The second kappa shape index (κ2) is 8.13. The van der Waals surface area contributed by atoms with E-state index in [1.165, 1.54) is 5.56 Å². The highest BCUT2D eigenvalue weighted by atomic mass is 16.2. The largest absolute Gasteiger partial charge is 0.347 e. The minimum atomic E-state index is -0.644. The highest BCUT2D eigenvalue weighted by Gasteiger charge is 2.15. The van der Waals surface area contributed by atoms with Gasteiger partial charge in [-0.1, -0.05) is 56.3 Å². The van der Waals surface area contributed by atoms with Gasteiger partial charge < -0.3 is 10.6 Å². The predicted octanol–water partition coefficient (Wildman–Crippen LogP) is 3.11. The van der Waals surface area contributed by atoms with E-state index in [0.29, 0.717) is 12.2 Å². The van der Waals surface area contributed by atoms with Crippen LogP contribution in [0.4, 0.5) is 5.69 Å². The average molecular weight is 310 g/mol. The fraction of sp³-hybridized carbons (Fsp3) is 0.263. The van der Waals surface area contributed by atoms with Crippen molar-refractivity contribution in [3.8, 4) is 0 Å². The fourth-order valence-electron chi connectivity index (χ4n) is 2.24. The first-order chi connectivity index (χ1) is 11.1. The van der Waals surface area contributed by atoms with Crippen LogP contribution in [0.25, 0.3) is 0 Å². The minimum absolute atomic E-state index is 0.150. The number of hydrogen-bond acceptors (Lipinski definition) is 2. The molecule has 2 rings (SSSR count). The molecule has 0 spiro atoms. The van der Waals surface area contributed by atoms with Crippen LogP contribution in [-0.2, 0) is 16.0 Å². The van der Waals surface area contributed by atoms with Gasteiger partial charge in [0, 0.05) is 12.2 Å². The van der Waals surface area contributed by atoms with E-state index >= 15 is 0 Å². The molecule has 0 saturated heterocycles. The van der Waals surface area contributed by atoms with Gasteiger partial charge in [0.1, 0.15) is 0 Å². The van der Waals surface area contributed by atoms with E-state index in [4.69, 9.17) is 0 Å². The van der Waals surface area contributed by atoms with E-state index in [0.717, 1.165) is 12.0 Å². The third-order valence-corrected chi connectivity index (χ3v) is 3.76. The Balaban J connectivity index is 1.83. The van der Waals surface area contributed by atoms with E-state index in [-0.39, 0.29) is 5.92 Å². The quantitative estimate of drug-likeness (QED) is 0.834. The van der Waals surface area contributed by atoms with E-state index in [9.17, 15) is 9.59 Å². The van der Waals surface area contributed by atoms with Gasteiger partial charge in [0.05, 0.1) is 0 Å². The van der Waals surface area contributed by atoms with Crippen molar-refractivity contribution in [1.29, 1.82) is 0 Å². The Bertz CT molecular complexity index is 651. The third kappa shape index (κ3) is 4.95. The molecular formula is C19H22N2O2. The molecule has 0 aliphatic carbocycles. The Morgan fingerprint density at radius 1 is 0.957 bits per heavy atom. The summed E-state index contributed by atoms with van der Waals surface area (Å²) >= 11 is 0. The molecule has 0 heterocycles. The van der Waals surface area contributed by atoms with Crippen LogP contribution in [0, 0.1) is 0 Å². The van der Waals surface area contributed by atoms with E-state index in [1.807, 2.05) is 49.4 Å². The van der Waals surface area contributed by atoms with Crippen molar-refractivity contribution in [2.45, 2.75) is 26.2 Å². The summed E-state index contributed by atoms with van der Waals surface area (Å²) in [5, 5.41) is 5.28. The lowest BCUT2D eigenvalue weighted by molar-refractivity contribution is -0.136. The topological polar surface area (TPSA) is 58.2 Å². The summed E-state index contributed by atoms with van der Waals surface area (Å²) in [7, 11) is 0. The Hall–Kier alpha value is -2.62. The molecular weight excluding hydrogens is 288 g/mol. The van der Waals surface area contributed by atoms with Crippen LogP contribution in [0.5, 0.6) is 0 Å². The van der Waals surface area contributed by atoms with Gasteiger partial charge in [-0.05, 0) is 35.6 Å². The average Bonchev–Trinajstić information content (AvgIpc) is 2.60. The van der Waals surface area contributed by atoms with Gasteiger partial charge in [-0.3, -0.25) is 9.59 Å². The van der Waals surface area contributed by atoms with Gasteiger partial charge >= 0.3 is 11.8 Å². The van der Waals surface area contributed by atoms with Crippen molar-refractivity contribution in [3.63, 3.8) is 0 Å². The van der Waals surface area contributed by atoms with Crippen molar-refractivity contribution in [3.05, 3.63) is 65.7 Å². The molecule has 4 nitrogen and oxygen atoms in total. The highest BCUT2D eigenvalue weighted by molar-refractivity contribution is 6.39. The van der Waals surface area contributed by atoms with Gasteiger partial charge in [0.25, 0.3) is 0 Å². The van der Waals surface area contributed by atoms with Crippen molar-refractivity contribution < 1.29 is 9.59 Å². The molecule has 0 radical (unpaired) electrons. The van der Waals surface area contributed by atoms with E-state index < -0.39 is 11.8 Å². The molecule has 0 saturated carbocycles. The maximum atomic E-state index is 11.9. The standard InChI is InChI=1S/C19H22N2O2/c1-3-15-9-11-17(12-10-15)21-19(23)18(22)20-13-14(2)16-7-5-4-6-8-16/h4-12,14H,3,13H2,1-2H3,(H,20,22)(H,21,23)/t14-/m0/s1. The van der Waals surface area contributed by atoms with Crippen LogP contribution in [0.2, 0.25) is 0 Å². The Labute approximate surface area is 136 Å². The van der Waals surface area contributed by atoms with E-state index in [1.54, 1.807) is 12.1 Å². The monoisotopic (exact) mass is 310 g/mol.